The maximum Gasteiger partial charge on any atom is 0.131 e. The van der Waals surface area contributed by atoms with Gasteiger partial charge in [0.1, 0.15) is 11.8 Å². The molecule has 0 bridgehead atoms. The van der Waals surface area contributed by atoms with Crippen molar-refractivity contribution in [1.29, 1.82) is 0 Å². The molecule has 0 radical (unpaired) electrons. The van der Waals surface area contributed by atoms with Crippen molar-refractivity contribution in [1.82, 2.24) is 5.32 Å². The van der Waals surface area contributed by atoms with Gasteiger partial charge in [-0.1, -0.05) is 0 Å². The van der Waals surface area contributed by atoms with Crippen LogP contribution in [0.4, 0.5) is 4.39 Å². The lowest BCUT2D eigenvalue weighted by Gasteiger charge is -2.32. The van der Waals surface area contributed by atoms with Crippen LogP contribution in [0.2, 0.25) is 0 Å². The quantitative estimate of drug-likeness (QED) is 0.490. The smallest absolute Gasteiger partial charge is 0.131 e. The van der Waals surface area contributed by atoms with E-state index in [0.29, 0.717) is 19.5 Å². The second-order valence-electron chi connectivity index (χ2n) is 2.79. The van der Waals surface area contributed by atoms with Gasteiger partial charge in [-0.15, -0.1) is 0 Å². The molecule has 0 saturated carbocycles. The standard InChI is InChI=1S/C6H12FNO/c1-6(9)4-8-3-2-5(6)7/h5,8-9H,2-4H2,1H3/t5?,6-/m0/s1. The molecule has 2 atom stereocenters. The van der Waals surface area contributed by atoms with Gasteiger partial charge in [-0.05, 0) is 19.9 Å². The molecule has 54 valence electrons. The summed E-state index contributed by atoms with van der Waals surface area (Å²) >= 11 is 0. The highest BCUT2D eigenvalue weighted by Gasteiger charge is 2.34. The highest BCUT2D eigenvalue weighted by Crippen LogP contribution is 2.18. The van der Waals surface area contributed by atoms with Crippen LogP contribution < -0.4 is 5.32 Å². The predicted molar refractivity (Wildman–Crippen MR) is 33.0 cm³/mol. The SMILES string of the molecule is C[C@]1(O)CNCCC1F. The van der Waals surface area contributed by atoms with Gasteiger partial charge in [-0.3, -0.25) is 0 Å². The third kappa shape index (κ3) is 1.40. The Kier molecular flexibility index (Phi) is 1.73. The van der Waals surface area contributed by atoms with E-state index in [-0.39, 0.29) is 0 Å². The van der Waals surface area contributed by atoms with Gasteiger partial charge in [-0.2, -0.15) is 0 Å². The normalized spacial score (nSPS) is 45.0. The fourth-order valence-electron chi connectivity index (χ4n) is 0.992. The number of β-amino-alcohol motifs (C(OH)–C–C–N with tert-alkyl or cyclic N) is 1. The van der Waals surface area contributed by atoms with Gasteiger partial charge in [0.05, 0.1) is 0 Å². The van der Waals surface area contributed by atoms with Crippen LogP contribution in [0.25, 0.3) is 0 Å². The molecule has 2 nitrogen and oxygen atoms in total. The lowest BCUT2D eigenvalue weighted by Crippen LogP contribution is -2.51. The molecule has 0 amide bonds. The number of nitrogens with one attached hydrogen (secondary N) is 1. The van der Waals surface area contributed by atoms with E-state index in [4.69, 9.17) is 0 Å². The van der Waals surface area contributed by atoms with E-state index in [1.165, 1.54) is 6.92 Å². The van der Waals surface area contributed by atoms with Crippen molar-refractivity contribution in [2.24, 2.45) is 0 Å². The zero-order valence-electron chi connectivity index (χ0n) is 5.52. The molecule has 0 spiro atoms. The summed E-state index contributed by atoms with van der Waals surface area (Å²) in [6.45, 7) is 2.56. The Balaban J connectivity index is 2.49. The first kappa shape index (κ1) is 6.96. The summed E-state index contributed by atoms with van der Waals surface area (Å²) in [6, 6.07) is 0. The van der Waals surface area contributed by atoms with Gasteiger partial charge in [0.25, 0.3) is 0 Å². The minimum atomic E-state index is -1.14. The highest BCUT2D eigenvalue weighted by atomic mass is 19.1. The molecule has 9 heavy (non-hydrogen) atoms. The third-order valence-electron chi connectivity index (χ3n) is 1.73. The summed E-state index contributed by atoms with van der Waals surface area (Å²) in [5.41, 5.74) is -1.14. The van der Waals surface area contributed by atoms with E-state index >= 15 is 0 Å². The highest BCUT2D eigenvalue weighted by molar-refractivity contribution is 4.88. The molecule has 0 aromatic carbocycles. The first-order valence-corrected chi connectivity index (χ1v) is 3.20. The Morgan fingerprint density at radius 3 is 2.78 bits per heavy atom. The van der Waals surface area contributed by atoms with E-state index in [1.54, 1.807) is 0 Å². The summed E-state index contributed by atoms with van der Waals surface area (Å²) in [5.74, 6) is 0. The van der Waals surface area contributed by atoms with E-state index in [9.17, 15) is 9.50 Å². The molecule has 0 aliphatic carbocycles. The minimum Gasteiger partial charge on any atom is -0.386 e. The molecule has 1 aliphatic rings. The summed E-state index contributed by atoms with van der Waals surface area (Å²) in [4.78, 5) is 0. The van der Waals surface area contributed by atoms with Gasteiger partial charge in [0.15, 0.2) is 0 Å². The van der Waals surface area contributed by atoms with Crippen LogP contribution in [-0.2, 0) is 0 Å². The van der Waals surface area contributed by atoms with E-state index < -0.39 is 11.8 Å². The topological polar surface area (TPSA) is 32.3 Å². The number of rotatable bonds is 0. The largest absolute Gasteiger partial charge is 0.386 e. The van der Waals surface area contributed by atoms with Crippen molar-refractivity contribution in [2.75, 3.05) is 13.1 Å². The zero-order valence-corrected chi connectivity index (χ0v) is 5.52. The van der Waals surface area contributed by atoms with Crippen molar-refractivity contribution >= 4 is 0 Å². The number of alkyl halides is 1. The molecule has 1 rings (SSSR count). The predicted octanol–water partition coefficient (Wildman–Crippen LogP) is 0.0688. The van der Waals surface area contributed by atoms with Gasteiger partial charge >= 0.3 is 0 Å². The van der Waals surface area contributed by atoms with Crippen LogP contribution in [0.3, 0.4) is 0 Å². The van der Waals surface area contributed by atoms with Gasteiger partial charge in [0.2, 0.25) is 0 Å². The maximum atomic E-state index is 12.7. The van der Waals surface area contributed by atoms with Crippen molar-refractivity contribution < 1.29 is 9.50 Å². The minimum absolute atomic E-state index is 0.369. The second-order valence-corrected chi connectivity index (χ2v) is 2.79. The number of hydrogen-bond donors (Lipinski definition) is 2. The molecule has 3 heteroatoms. The Morgan fingerprint density at radius 1 is 1.78 bits per heavy atom. The Bertz CT molecular complexity index is 105. The molecule has 0 aromatic rings. The van der Waals surface area contributed by atoms with Gasteiger partial charge < -0.3 is 10.4 Å². The summed E-state index contributed by atoms with van der Waals surface area (Å²) in [7, 11) is 0. The first-order chi connectivity index (χ1) is 4.13. The van der Waals surface area contributed by atoms with Gasteiger partial charge in [0, 0.05) is 6.54 Å². The van der Waals surface area contributed by atoms with Crippen LogP contribution in [0, 0.1) is 0 Å². The molecular weight excluding hydrogens is 121 g/mol. The van der Waals surface area contributed by atoms with Crippen molar-refractivity contribution in [2.45, 2.75) is 25.1 Å². The average molecular weight is 133 g/mol. The Labute approximate surface area is 54.1 Å². The lowest BCUT2D eigenvalue weighted by molar-refractivity contribution is -0.0360. The average Bonchev–Trinajstić information content (AvgIpc) is 1.77. The summed E-state index contributed by atoms with van der Waals surface area (Å²) in [6.07, 6.45) is -0.633. The van der Waals surface area contributed by atoms with Crippen molar-refractivity contribution in [3.63, 3.8) is 0 Å². The molecule has 1 fully saturated rings. The van der Waals surface area contributed by atoms with E-state index in [0.717, 1.165) is 0 Å². The molecule has 1 unspecified atom stereocenters. The van der Waals surface area contributed by atoms with E-state index in [2.05, 4.69) is 5.32 Å². The monoisotopic (exact) mass is 133 g/mol. The number of hydrogen-bond acceptors (Lipinski definition) is 2. The van der Waals surface area contributed by atoms with Gasteiger partial charge in [-0.25, -0.2) is 4.39 Å². The van der Waals surface area contributed by atoms with Crippen LogP contribution in [0.15, 0.2) is 0 Å². The molecule has 2 N–H and O–H groups in total. The van der Waals surface area contributed by atoms with Crippen LogP contribution in [-0.4, -0.2) is 30.0 Å². The van der Waals surface area contributed by atoms with E-state index in [1.807, 2.05) is 0 Å². The Hall–Kier alpha value is -0.150. The zero-order chi connectivity index (χ0) is 6.91. The molecule has 1 aliphatic heterocycles. The maximum absolute atomic E-state index is 12.7. The number of aliphatic hydroxyl groups is 1. The fraction of sp³-hybridized carbons (Fsp3) is 1.00. The fourth-order valence-corrected chi connectivity index (χ4v) is 0.992. The molecule has 1 heterocycles. The van der Waals surface area contributed by atoms with Crippen LogP contribution in [0.1, 0.15) is 13.3 Å². The van der Waals surface area contributed by atoms with Crippen LogP contribution >= 0.6 is 0 Å². The summed E-state index contributed by atoms with van der Waals surface area (Å²) < 4.78 is 12.7. The molecule has 0 aromatic heterocycles. The Morgan fingerprint density at radius 2 is 2.44 bits per heavy atom. The first-order valence-electron chi connectivity index (χ1n) is 3.20. The van der Waals surface area contributed by atoms with Crippen molar-refractivity contribution in [3.05, 3.63) is 0 Å². The molecule has 1 saturated heterocycles. The lowest BCUT2D eigenvalue weighted by atomic mass is 9.95. The van der Waals surface area contributed by atoms with Crippen LogP contribution in [0.5, 0.6) is 0 Å². The molecular formula is C6H12FNO. The third-order valence-corrected chi connectivity index (χ3v) is 1.73. The summed E-state index contributed by atoms with van der Waals surface area (Å²) in [5, 5.41) is 12.1. The second kappa shape index (κ2) is 2.23. The number of halogens is 1. The number of piperidine rings is 1. The van der Waals surface area contributed by atoms with Crippen molar-refractivity contribution in [3.8, 4) is 0 Å².